The van der Waals surface area contributed by atoms with Crippen molar-refractivity contribution in [2.45, 2.75) is 31.7 Å². The number of aliphatic carboxylic acids is 1. The fourth-order valence-corrected chi connectivity index (χ4v) is 2.70. The Balaban J connectivity index is 2.03. The van der Waals surface area contributed by atoms with E-state index in [1.165, 1.54) is 0 Å². The van der Waals surface area contributed by atoms with Gasteiger partial charge in [0.05, 0.1) is 16.5 Å². The number of carboxylic acids is 1. The van der Waals surface area contributed by atoms with Crippen LogP contribution in [0.2, 0.25) is 5.02 Å². The Morgan fingerprint density at radius 3 is 2.89 bits per heavy atom. The molecular weight excluding hydrogens is 264 g/mol. The van der Waals surface area contributed by atoms with E-state index in [-0.39, 0.29) is 12.0 Å². The summed E-state index contributed by atoms with van der Waals surface area (Å²) in [4.78, 5) is 11.0. The van der Waals surface area contributed by atoms with Gasteiger partial charge in [0.1, 0.15) is 6.07 Å². The summed E-state index contributed by atoms with van der Waals surface area (Å²) in [6, 6.07) is 7.34. The number of benzene rings is 1. The maximum Gasteiger partial charge on any atom is 0.306 e. The number of anilines is 1. The first-order chi connectivity index (χ1) is 9.10. The molecule has 0 saturated heterocycles. The highest BCUT2D eigenvalue weighted by atomic mass is 35.5. The number of rotatable bonds is 3. The third kappa shape index (κ3) is 3.39. The van der Waals surface area contributed by atoms with Gasteiger partial charge in [-0.25, -0.2) is 0 Å². The number of nitrogens with zero attached hydrogens (tertiary/aromatic N) is 1. The maximum atomic E-state index is 11.0. The largest absolute Gasteiger partial charge is 0.481 e. The van der Waals surface area contributed by atoms with Crippen molar-refractivity contribution in [1.82, 2.24) is 0 Å². The smallest absolute Gasteiger partial charge is 0.306 e. The van der Waals surface area contributed by atoms with Crippen LogP contribution in [0, 0.1) is 17.2 Å². The van der Waals surface area contributed by atoms with Gasteiger partial charge in [-0.05, 0) is 37.5 Å². The van der Waals surface area contributed by atoms with E-state index in [0.717, 1.165) is 24.9 Å². The lowest BCUT2D eigenvalue weighted by Crippen LogP contribution is -2.30. The molecule has 0 aromatic heterocycles. The summed E-state index contributed by atoms with van der Waals surface area (Å²) in [5.74, 6) is -0.982. The molecule has 1 aromatic rings. The van der Waals surface area contributed by atoms with Crippen molar-refractivity contribution in [2.75, 3.05) is 5.32 Å². The molecule has 0 radical (unpaired) electrons. The Morgan fingerprint density at radius 1 is 1.47 bits per heavy atom. The zero-order valence-electron chi connectivity index (χ0n) is 10.4. The molecule has 0 spiro atoms. The molecule has 0 amide bonds. The lowest BCUT2D eigenvalue weighted by Gasteiger charge is -2.28. The molecule has 1 aliphatic carbocycles. The average molecular weight is 279 g/mol. The lowest BCUT2D eigenvalue weighted by molar-refractivity contribution is -0.142. The summed E-state index contributed by atoms with van der Waals surface area (Å²) >= 11 is 5.97. The molecule has 4 nitrogen and oxygen atoms in total. The molecule has 5 heteroatoms. The Labute approximate surface area is 117 Å². The zero-order chi connectivity index (χ0) is 13.8. The van der Waals surface area contributed by atoms with Crippen molar-refractivity contribution in [1.29, 1.82) is 5.26 Å². The molecule has 100 valence electrons. The first kappa shape index (κ1) is 13.7. The van der Waals surface area contributed by atoms with Crippen LogP contribution in [0.1, 0.15) is 31.2 Å². The van der Waals surface area contributed by atoms with Crippen molar-refractivity contribution in [2.24, 2.45) is 5.92 Å². The molecule has 1 saturated carbocycles. The van der Waals surface area contributed by atoms with Crippen molar-refractivity contribution in [3.05, 3.63) is 28.8 Å². The van der Waals surface area contributed by atoms with Gasteiger partial charge in [0.15, 0.2) is 0 Å². The molecule has 0 bridgehead atoms. The minimum atomic E-state index is -0.718. The standard InChI is InChI=1S/C14H15ClN2O2/c15-13-7-12(5-4-10(13)8-16)17-11-3-1-2-9(6-11)14(18)19/h4-5,7,9,11,17H,1-3,6H2,(H,18,19). The molecule has 1 aromatic carbocycles. The Kier molecular flexibility index (Phi) is 4.28. The van der Waals surface area contributed by atoms with Gasteiger partial charge in [0, 0.05) is 11.7 Å². The highest BCUT2D eigenvalue weighted by Gasteiger charge is 2.26. The minimum Gasteiger partial charge on any atom is -0.481 e. The summed E-state index contributed by atoms with van der Waals surface area (Å²) in [6.45, 7) is 0. The number of carbonyl (C=O) groups is 1. The fourth-order valence-electron chi connectivity index (χ4n) is 2.48. The summed E-state index contributed by atoms with van der Waals surface area (Å²) in [5, 5.41) is 21.6. The van der Waals surface area contributed by atoms with Gasteiger partial charge < -0.3 is 10.4 Å². The predicted octanol–water partition coefficient (Wildman–Crippen LogP) is 3.27. The van der Waals surface area contributed by atoms with E-state index in [2.05, 4.69) is 5.32 Å². The van der Waals surface area contributed by atoms with Crippen LogP contribution in [0.3, 0.4) is 0 Å². The van der Waals surface area contributed by atoms with E-state index < -0.39 is 5.97 Å². The monoisotopic (exact) mass is 278 g/mol. The molecule has 1 aliphatic rings. The molecule has 2 atom stereocenters. The van der Waals surface area contributed by atoms with Crippen LogP contribution >= 0.6 is 11.6 Å². The Morgan fingerprint density at radius 2 is 2.26 bits per heavy atom. The number of hydrogen-bond acceptors (Lipinski definition) is 3. The average Bonchev–Trinajstić information content (AvgIpc) is 2.39. The van der Waals surface area contributed by atoms with E-state index in [9.17, 15) is 4.79 Å². The molecule has 19 heavy (non-hydrogen) atoms. The van der Waals surface area contributed by atoms with Gasteiger partial charge in [-0.15, -0.1) is 0 Å². The number of nitrogens with one attached hydrogen (secondary N) is 1. The molecule has 0 heterocycles. The first-order valence-corrected chi connectivity index (χ1v) is 6.67. The summed E-state index contributed by atoms with van der Waals surface area (Å²) in [5.41, 5.74) is 1.28. The topological polar surface area (TPSA) is 73.1 Å². The summed E-state index contributed by atoms with van der Waals surface area (Å²) < 4.78 is 0. The van der Waals surface area contributed by atoms with Crippen molar-refractivity contribution in [3.63, 3.8) is 0 Å². The van der Waals surface area contributed by atoms with E-state index in [4.69, 9.17) is 22.0 Å². The van der Waals surface area contributed by atoms with Crippen LogP contribution in [-0.4, -0.2) is 17.1 Å². The first-order valence-electron chi connectivity index (χ1n) is 6.29. The molecule has 2 N–H and O–H groups in total. The van der Waals surface area contributed by atoms with Gasteiger partial charge in [-0.2, -0.15) is 5.26 Å². The van der Waals surface area contributed by atoms with Crippen LogP contribution in [0.5, 0.6) is 0 Å². The predicted molar refractivity (Wildman–Crippen MR) is 73.2 cm³/mol. The number of nitriles is 1. The molecule has 2 rings (SSSR count). The van der Waals surface area contributed by atoms with Crippen molar-refractivity contribution in [3.8, 4) is 6.07 Å². The van der Waals surface area contributed by atoms with Crippen molar-refractivity contribution >= 4 is 23.3 Å². The summed E-state index contributed by atoms with van der Waals surface area (Å²) in [6.07, 6.45) is 3.26. The van der Waals surface area contributed by atoms with E-state index in [0.29, 0.717) is 17.0 Å². The quantitative estimate of drug-likeness (QED) is 0.890. The van der Waals surface area contributed by atoms with Crippen LogP contribution < -0.4 is 5.32 Å². The highest BCUT2D eigenvalue weighted by Crippen LogP contribution is 2.28. The summed E-state index contributed by atoms with van der Waals surface area (Å²) in [7, 11) is 0. The molecular formula is C14H15ClN2O2. The van der Waals surface area contributed by atoms with E-state index in [1.54, 1.807) is 18.2 Å². The normalized spacial score (nSPS) is 22.5. The lowest BCUT2D eigenvalue weighted by atomic mass is 9.85. The van der Waals surface area contributed by atoms with Gasteiger partial charge in [0.2, 0.25) is 0 Å². The molecule has 1 fully saturated rings. The second-order valence-corrected chi connectivity index (χ2v) is 5.26. The van der Waals surface area contributed by atoms with Crippen LogP contribution in [0.4, 0.5) is 5.69 Å². The Hall–Kier alpha value is -1.73. The van der Waals surface area contributed by atoms with Crippen molar-refractivity contribution < 1.29 is 9.90 Å². The van der Waals surface area contributed by atoms with E-state index >= 15 is 0 Å². The number of hydrogen-bond donors (Lipinski definition) is 2. The zero-order valence-corrected chi connectivity index (χ0v) is 11.2. The van der Waals surface area contributed by atoms with E-state index in [1.807, 2.05) is 6.07 Å². The second kappa shape index (κ2) is 5.94. The molecule has 2 unspecified atom stereocenters. The third-order valence-electron chi connectivity index (χ3n) is 3.48. The van der Waals surface area contributed by atoms with Gasteiger partial charge in [-0.3, -0.25) is 4.79 Å². The van der Waals surface area contributed by atoms with Crippen LogP contribution in [-0.2, 0) is 4.79 Å². The van der Waals surface area contributed by atoms with Crippen LogP contribution in [0.25, 0.3) is 0 Å². The second-order valence-electron chi connectivity index (χ2n) is 4.85. The highest BCUT2D eigenvalue weighted by molar-refractivity contribution is 6.32. The van der Waals surface area contributed by atoms with Crippen LogP contribution in [0.15, 0.2) is 18.2 Å². The van der Waals surface area contributed by atoms with Gasteiger partial charge in [0.25, 0.3) is 0 Å². The number of carboxylic acid groups (broad SMARTS) is 1. The van der Waals surface area contributed by atoms with Gasteiger partial charge >= 0.3 is 5.97 Å². The van der Waals surface area contributed by atoms with Gasteiger partial charge in [-0.1, -0.05) is 18.0 Å². The maximum absolute atomic E-state index is 11.0. The number of halogens is 1. The molecule has 0 aliphatic heterocycles. The SMILES string of the molecule is N#Cc1ccc(NC2CCCC(C(=O)O)C2)cc1Cl. The Bertz CT molecular complexity index is 525. The third-order valence-corrected chi connectivity index (χ3v) is 3.80. The fraction of sp³-hybridized carbons (Fsp3) is 0.429. The minimum absolute atomic E-state index is 0.152.